The van der Waals surface area contributed by atoms with Crippen molar-refractivity contribution >= 4 is 17.4 Å². The molecular weight excluding hydrogens is 284 g/mol. The van der Waals surface area contributed by atoms with E-state index in [9.17, 15) is 4.79 Å². The Balaban J connectivity index is 1.87. The first-order valence-electron chi connectivity index (χ1n) is 7.62. The quantitative estimate of drug-likeness (QED) is 0.923. The van der Waals surface area contributed by atoms with Crippen LogP contribution in [0.3, 0.4) is 0 Å². The van der Waals surface area contributed by atoms with Crippen molar-refractivity contribution in [3.05, 3.63) is 22.4 Å². The van der Waals surface area contributed by atoms with Crippen LogP contribution in [0.5, 0.6) is 0 Å². The molecule has 0 aliphatic carbocycles. The molecule has 0 spiro atoms. The average Bonchev–Trinajstić information content (AvgIpc) is 2.91. The van der Waals surface area contributed by atoms with Crippen molar-refractivity contribution < 1.29 is 9.53 Å². The number of carbonyl (C=O) groups is 1. The highest BCUT2D eigenvalue weighted by molar-refractivity contribution is 7.10. The first-order chi connectivity index (χ1) is 9.85. The molecule has 21 heavy (non-hydrogen) atoms. The van der Waals surface area contributed by atoms with Crippen LogP contribution in [0, 0.1) is 0 Å². The number of thiophene rings is 1. The van der Waals surface area contributed by atoms with Gasteiger partial charge in [0.15, 0.2) is 0 Å². The fourth-order valence-corrected chi connectivity index (χ4v) is 3.32. The van der Waals surface area contributed by atoms with Crippen molar-refractivity contribution in [3.63, 3.8) is 0 Å². The van der Waals surface area contributed by atoms with Crippen LogP contribution in [0.4, 0.5) is 4.79 Å². The molecule has 1 aliphatic heterocycles. The number of piperidine rings is 1. The normalized spacial score (nSPS) is 21.1. The molecule has 2 rings (SSSR count). The Morgan fingerprint density at radius 3 is 2.90 bits per heavy atom. The molecule has 0 radical (unpaired) electrons. The molecule has 2 atom stereocenters. The lowest BCUT2D eigenvalue weighted by molar-refractivity contribution is 0.0184. The number of hydrogen-bond acceptors (Lipinski definition) is 4. The van der Waals surface area contributed by atoms with E-state index in [1.807, 2.05) is 25.7 Å². The van der Waals surface area contributed by atoms with Crippen molar-refractivity contribution in [2.45, 2.75) is 58.2 Å². The highest BCUT2D eigenvalue weighted by atomic mass is 32.1. The molecule has 118 valence electrons. The van der Waals surface area contributed by atoms with E-state index in [0.717, 1.165) is 25.9 Å². The minimum atomic E-state index is -0.429. The highest BCUT2D eigenvalue weighted by Crippen LogP contribution is 2.21. The topological polar surface area (TPSA) is 41.6 Å². The van der Waals surface area contributed by atoms with E-state index in [-0.39, 0.29) is 6.09 Å². The van der Waals surface area contributed by atoms with Gasteiger partial charge in [-0.05, 0) is 52.0 Å². The lowest BCUT2D eigenvalue weighted by atomic mass is 10.0. The molecule has 0 unspecified atom stereocenters. The summed E-state index contributed by atoms with van der Waals surface area (Å²) >= 11 is 1.77. The number of rotatable bonds is 3. The van der Waals surface area contributed by atoms with Crippen LogP contribution >= 0.6 is 11.3 Å². The Morgan fingerprint density at radius 1 is 1.52 bits per heavy atom. The van der Waals surface area contributed by atoms with Gasteiger partial charge in [-0.25, -0.2) is 4.79 Å². The Kier molecular flexibility index (Phi) is 5.27. The standard InChI is InChI=1S/C16H26N2O2S/c1-12(14-8-6-10-21-14)17-13-7-5-9-18(11-13)15(19)20-16(2,3)4/h6,8,10,12-13,17H,5,7,9,11H2,1-4H3/t12-,13+/m0/s1. The van der Waals surface area contributed by atoms with Gasteiger partial charge in [0.05, 0.1) is 0 Å². The van der Waals surface area contributed by atoms with Gasteiger partial charge in [-0.15, -0.1) is 11.3 Å². The predicted molar refractivity (Wildman–Crippen MR) is 86.7 cm³/mol. The molecular formula is C16H26N2O2S. The predicted octanol–water partition coefficient (Wildman–Crippen LogP) is 3.80. The molecule has 4 nitrogen and oxygen atoms in total. The van der Waals surface area contributed by atoms with E-state index in [4.69, 9.17) is 4.74 Å². The largest absolute Gasteiger partial charge is 0.444 e. The second-order valence-electron chi connectivity index (χ2n) is 6.67. The maximum atomic E-state index is 12.2. The van der Waals surface area contributed by atoms with Crippen molar-refractivity contribution in [2.75, 3.05) is 13.1 Å². The first kappa shape index (κ1) is 16.3. The molecule has 1 aromatic rings. The van der Waals surface area contributed by atoms with Crippen LogP contribution in [0.1, 0.15) is 51.5 Å². The summed E-state index contributed by atoms with van der Waals surface area (Å²) in [5, 5.41) is 5.73. The zero-order chi connectivity index (χ0) is 15.5. The number of ether oxygens (including phenoxy) is 1. The van der Waals surface area contributed by atoms with E-state index in [1.165, 1.54) is 4.88 Å². The molecule has 2 heterocycles. The molecule has 1 aliphatic rings. The van der Waals surface area contributed by atoms with Crippen molar-refractivity contribution in [2.24, 2.45) is 0 Å². The third kappa shape index (κ3) is 5.00. The molecule has 1 saturated heterocycles. The Hall–Kier alpha value is -1.07. The fourth-order valence-electron chi connectivity index (χ4n) is 2.58. The summed E-state index contributed by atoms with van der Waals surface area (Å²) in [5.41, 5.74) is -0.429. The zero-order valence-electron chi connectivity index (χ0n) is 13.4. The van der Waals surface area contributed by atoms with Crippen molar-refractivity contribution in [1.82, 2.24) is 10.2 Å². The number of carbonyl (C=O) groups excluding carboxylic acids is 1. The van der Waals surface area contributed by atoms with Crippen molar-refractivity contribution in [3.8, 4) is 0 Å². The lowest BCUT2D eigenvalue weighted by Gasteiger charge is -2.35. The summed E-state index contributed by atoms with van der Waals surface area (Å²) in [6.45, 7) is 9.42. The summed E-state index contributed by atoms with van der Waals surface area (Å²) in [7, 11) is 0. The zero-order valence-corrected chi connectivity index (χ0v) is 14.2. The van der Waals surface area contributed by atoms with Crippen LogP contribution in [-0.4, -0.2) is 35.7 Å². The van der Waals surface area contributed by atoms with E-state index < -0.39 is 5.60 Å². The monoisotopic (exact) mass is 310 g/mol. The minimum Gasteiger partial charge on any atom is -0.444 e. The van der Waals surface area contributed by atoms with E-state index >= 15 is 0 Å². The van der Waals surface area contributed by atoms with Gasteiger partial charge in [0.1, 0.15) is 5.60 Å². The second-order valence-corrected chi connectivity index (χ2v) is 7.65. The van der Waals surface area contributed by atoms with Crippen molar-refractivity contribution in [1.29, 1.82) is 0 Å². The smallest absolute Gasteiger partial charge is 0.410 e. The lowest BCUT2D eigenvalue weighted by Crippen LogP contribution is -2.49. The average molecular weight is 310 g/mol. The molecule has 0 aromatic carbocycles. The first-order valence-corrected chi connectivity index (χ1v) is 8.50. The van der Waals surface area contributed by atoms with Crippen LogP contribution in [0.25, 0.3) is 0 Å². The summed E-state index contributed by atoms with van der Waals surface area (Å²) in [6.07, 6.45) is 1.93. The minimum absolute atomic E-state index is 0.197. The second kappa shape index (κ2) is 6.79. The molecule has 5 heteroatoms. The summed E-state index contributed by atoms with van der Waals surface area (Å²) in [6, 6.07) is 4.89. The summed E-state index contributed by atoms with van der Waals surface area (Å²) < 4.78 is 5.46. The molecule has 0 saturated carbocycles. The third-order valence-electron chi connectivity index (χ3n) is 3.53. The van der Waals surface area contributed by atoms with Gasteiger partial charge >= 0.3 is 6.09 Å². The number of nitrogens with zero attached hydrogens (tertiary/aromatic N) is 1. The van der Waals surface area contributed by atoms with Gasteiger partial charge < -0.3 is 15.0 Å². The van der Waals surface area contributed by atoms with Gasteiger partial charge in [-0.1, -0.05) is 6.07 Å². The van der Waals surface area contributed by atoms with E-state index in [2.05, 4.69) is 29.8 Å². The van der Waals surface area contributed by atoms with Crippen LogP contribution < -0.4 is 5.32 Å². The third-order valence-corrected chi connectivity index (χ3v) is 4.58. The van der Waals surface area contributed by atoms with Gasteiger partial charge in [0.2, 0.25) is 0 Å². The Labute approximate surface area is 131 Å². The number of likely N-dealkylation sites (tertiary alicyclic amines) is 1. The molecule has 1 amide bonds. The maximum Gasteiger partial charge on any atom is 0.410 e. The molecule has 1 N–H and O–H groups in total. The van der Waals surface area contributed by atoms with Gasteiger partial charge in [-0.2, -0.15) is 0 Å². The van der Waals surface area contributed by atoms with Crippen LogP contribution in [-0.2, 0) is 4.74 Å². The van der Waals surface area contributed by atoms with Crippen LogP contribution in [0.15, 0.2) is 17.5 Å². The summed E-state index contributed by atoms with van der Waals surface area (Å²) in [5.74, 6) is 0. The fraction of sp³-hybridized carbons (Fsp3) is 0.688. The Bertz CT molecular complexity index is 453. The molecule has 1 fully saturated rings. The van der Waals surface area contributed by atoms with E-state index in [0.29, 0.717) is 12.1 Å². The Morgan fingerprint density at radius 2 is 2.29 bits per heavy atom. The summed E-state index contributed by atoms with van der Waals surface area (Å²) in [4.78, 5) is 15.3. The maximum absolute atomic E-state index is 12.2. The van der Waals surface area contributed by atoms with E-state index in [1.54, 1.807) is 11.3 Å². The number of nitrogens with one attached hydrogen (secondary N) is 1. The highest BCUT2D eigenvalue weighted by Gasteiger charge is 2.28. The number of amides is 1. The van der Waals surface area contributed by atoms with Gasteiger partial charge in [0, 0.05) is 30.1 Å². The van der Waals surface area contributed by atoms with Gasteiger partial charge in [-0.3, -0.25) is 0 Å². The van der Waals surface area contributed by atoms with Gasteiger partial charge in [0.25, 0.3) is 0 Å². The van der Waals surface area contributed by atoms with Crippen LogP contribution in [0.2, 0.25) is 0 Å². The number of hydrogen-bond donors (Lipinski definition) is 1. The SMILES string of the molecule is C[C@H](N[C@@H]1CCCN(C(=O)OC(C)(C)C)C1)c1cccs1. The molecule has 0 bridgehead atoms. The molecule has 1 aromatic heterocycles.